The molecule has 0 amide bonds. The number of hydrogen-bond donors (Lipinski definition) is 1. The Kier molecular flexibility index (Phi) is 4.46. The standard InChI is InChI=1S/C15H21N5/c1-4-7-13-18-14(15(16)20(13)9-6-3)12-10-17-19(11-12)8-5-2/h3,10-11H,4-5,7-9,16H2,1-2H3. The highest BCUT2D eigenvalue weighted by atomic mass is 15.3. The fraction of sp³-hybridized carbons (Fsp3) is 0.467. The minimum Gasteiger partial charge on any atom is -0.383 e. The van der Waals surface area contributed by atoms with Gasteiger partial charge in [-0.15, -0.1) is 6.42 Å². The number of rotatable bonds is 6. The van der Waals surface area contributed by atoms with E-state index in [1.54, 1.807) is 0 Å². The lowest BCUT2D eigenvalue weighted by atomic mass is 10.2. The summed E-state index contributed by atoms with van der Waals surface area (Å²) in [4.78, 5) is 4.65. The molecular weight excluding hydrogens is 250 g/mol. The second-order valence-corrected chi connectivity index (χ2v) is 4.79. The average Bonchev–Trinajstić information content (AvgIpc) is 2.99. The van der Waals surface area contributed by atoms with Crippen molar-refractivity contribution in [3.63, 3.8) is 0 Å². The molecule has 0 aliphatic rings. The number of aromatic nitrogens is 4. The lowest BCUT2D eigenvalue weighted by molar-refractivity contribution is 0.603. The zero-order valence-corrected chi connectivity index (χ0v) is 12.1. The summed E-state index contributed by atoms with van der Waals surface area (Å²) in [5.74, 6) is 4.21. The molecule has 0 bridgehead atoms. The SMILES string of the molecule is C#CCn1c(CCC)nc(-c2cnn(CCC)c2)c1N. The number of aryl methyl sites for hydroxylation is 2. The van der Waals surface area contributed by atoms with Gasteiger partial charge in [0.1, 0.15) is 17.3 Å². The van der Waals surface area contributed by atoms with Gasteiger partial charge in [0.25, 0.3) is 0 Å². The summed E-state index contributed by atoms with van der Waals surface area (Å²) in [5.41, 5.74) is 7.94. The lowest BCUT2D eigenvalue weighted by Gasteiger charge is -2.04. The molecule has 0 unspecified atom stereocenters. The third-order valence-electron chi connectivity index (χ3n) is 3.17. The number of hydrogen-bond acceptors (Lipinski definition) is 3. The first-order valence-electron chi connectivity index (χ1n) is 7.02. The third-order valence-corrected chi connectivity index (χ3v) is 3.17. The van der Waals surface area contributed by atoms with Crippen molar-refractivity contribution in [2.45, 2.75) is 46.2 Å². The third kappa shape index (κ3) is 2.69. The minimum atomic E-state index is 0.456. The van der Waals surface area contributed by atoms with Crippen molar-refractivity contribution in [3.05, 3.63) is 18.2 Å². The molecule has 2 rings (SSSR count). The molecule has 2 aromatic rings. The molecule has 0 aliphatic carbocycles. The van der Waals surface area contributed by atoms with E-state index in [0.29, 0.717) is 12.4 Å². The van der Waals surface area contributed by atoms with Gasteiger partial charge in [-0.2, -0.15) is 5.10 Å². The Bertz CT molecular complexity index is 615. The van der Waals surface area contributed by atoms with Crippen LogP contribution >= 0.6 is 0 Å². The molecule has 20 heavy (non-hydrogen) atoms. The number of nitrogens with zero attached hydrogens (tertiary/aromatic N) is 4. The average molecular weight is 271 g/mol. The highest BCUT2D eigenvalue weighted by Crippen LogP contribution is 2.26. The van der Waals surface area contributed by atoms with Crippen molar-refractivity contribution in [1.82, 2.24) is 19.3 Å². The van der Waals surface area contributed by atoms with Gasteiger partial charge in [-0.25, -0.2) is 4.98 Å². The van der Waals surface area contributed by atoms with Gasteiger partial charge in [-0.05, 0) is 12.8 Å². The molecule has 0 atom stereocenters. The summed E-state index contributed by atoms with van der Waals surface area (Å²) in [6.45, 7) is 5.59. The summed E-state index contributed by atoms with van der Waals surface area (Å²) in [6, 6.07) is 0. The van der Waals surface area contributed by atoms with Gasteiger partial charge in [0.2, 0.25) is 0 Å². The molecule has 106 valence electrons. The van der Waals surface area contributed by atoms with E-state index in [1.807, 2.05) is 21.6 Å². The number of nitrogens with two attached hydrogens (primary N) is 1. The van der Waals surface area contributed by atoms with Crippen molar-refractivity contribution < 1.29 is 0 Å². The molecule has 0 aromatic carbocycles. The zero-order chi connectivity index (χ0) is 14.5. The second-order valence-electron chi connectivity index (χ2n) is 4.79. The van der Waals surface area contributed by atoms with E-state index in [0.717, 1.165) is 42.9 Å². The summed E-state index contributed by atoms with van der Waals surface area (Å²) in [6.07, 6.45) is 12.1. The van der Waals surface area contributed by atoms with Crippen LogP contribution < -0.4 is 5.73 Å². The van der Waals surface area contributed by atoms with Crippen LogP contribution in [-0.2, 0) is 19.5 Å². The Labute approximate surface area is 119 Å². The first-order chi connectivity index (χ1) is 9.71. The van der Waals surface area contributed by atoms with Gasteiger partial charge in [0.15, 0.2) is 0 Å². The van der Waals surface area contributed by atoms with Gasteiger partial charge in [0.05, 0.1) is 12.7 Å². The topological polar surface area (TPSA) is 61.7 Å². The van der Waals surface area contributed by atoms with Gasteiger partial charge in [0, 0.05) is 24.7 Å². The summed E-state index contributed by atoms with van der Waals surface area (Å²) < 4.78 is 3.82. The van der Waals surface area contributed by atoms with E-state index in [2.05, 4.69) is 29.9 Å². The number of imidazole rings is 1. The first-order valence-corrected chi connectivity index (χ1v) is 7.02. The second kappa shape index (κ2) is 6.29. The Hall–Kier alpha value is -2.22. The van der Waals surface area contributed by atoms with Crippen LogP contribution in [0.3, 0.4) is 0 Å². The van der Waals surface area contributed by atoms with Gasteiger partial charge in [-0.1, -0.05) is 19.8 Å². The summed E-state index contributed by atoms with van der Waals surface area (Å²) in [7, 11) is 0. The fourth-order valence-electron chi connectivity index (χ4n) is 2.25. The highest BCUT2D eigenvalue weighted by molar-refractivity contribution is 5.70. The van der Waals surface area contributed by atoms with E-state index in [1.165, 1.54) is 0 Å². The van der Waals surface area contributed by atoms with E-state index in [4.69, 9.17) is 12.2 Å². The highest BCUT2D eigenvalue weighted by Gasteiger charge is 2.16. The maximum atomic E-state index is 6.20. The van der Waals surface area contributed by atoms with Crippen molar-refractivity contribution in [3.8, 4) is 23.6 Å². The quantitative estimate of drug-likeness (QED) is 0.820. The molecule has 0 radical (unpaired) electrons. The monoisotopic (exact) mass is 271 g/mol. The van der Waals surface area contributed by atoms with E-state index in [9.17, 15) is 0 Å². The van der Waals surface area contributed by atoms with Crippen molar-refractivity contribution in [2.75, 3.05) is 5.73 Å². The Morgan fingerprint density at radius 1 is 1.35 bits per heavy atom. The molecule has 2 N–H and O–H groups in total. The Morgan fingerprint density at radius 2 is 2.15 bits per heavy atom. The van der Waals surface area contributed by atoms with Crippen LogP contribution in [0.25, 0.3) is 11.3 Å². The molecule has 0 spiro atoms. The maximum absolute atomic E-state index is 6.20. The van der Waals surface area contributed by atoms with Crippen LogP contribution in [0, 0.1) is 12.3 Å². The minimum absolute atomic E-state index is 0.456. The van der Waals surface area contributed by atoms with E-state index >= 15 is 0 Å². The number of nitrogen functional groups attached to an aromatic ring is 1. The predicted molar refractivity (Wildman–Crippen MR) is 81.0 cm³/mol. The Balaban J connectivity index is 2.40. The van der Waals surface area contributed by atoms with Crippen LogP contribution in [0.2, 0.25) is 0 Å². The number of anilines is 1. The molecule has 2 heterocycles. The fourth-order valence-corrected chi connectivity index (χ4v) is 2.25. The molecule has 0 fully saturated rings. The maximum Gasteiger partial charge on any atom is 0.132 e. The molecule has 0 saturated carbocycles. The largest absolute Gasteiger partial charge is 0.383 e. The summed E-state index contributed by atoms with van der Waals surface area (Å²) in [5, 5.41) is 4.33. The molecule has 0 aliphatic heterocycles. The molecule has 5 nitrogen and oxygen atoms in total. The summed E-state index contributed by atoms with van der Waals surface area (Å²) >= 11 is 0. The van der Waals surface area contributed by atoms with Crippen LogP contribution in [0.1, 0.15) is 32.5 Å². The normalized spacial score (nSPS) is 10.7. The van der Waals surface area contributed by atoms with E-state index in [-0.39, 0.29) is 0 Å². The smallest absolute Gasteiger partial charge is 0.132 e. The van der Waals surface area contributed by atoms with Crippen molar-refractivity contribution in [2.24, 2.45) is 0 Å². The number of terminal acetylenes is 1. The lowest BCUT2D eigenvalue weighted by Crippen LogP contribution is -2.06. The molecular formula is C15H21N5. The van der Waals surface area contributed by atoms with Crippen LogP contribution in [0.15, 0.2) is 12.4 Å². The van der Waals surface area contributed by atoms with Crippen LogP contribution in [0.5, 0.6) is 0 Å². The van der Waals surface area contributed by atoms with Gasteiger partial charge in [-0.3, -0.25) is 4.68 Å². The first kappa shape index (κ1) is 14.2. The van der Waals surface area contributed by atoms with Crippen molar-refractivity contribution >= 4 is 5.82 Å². The van der Waals surface area contributed by atoms with Gasteiger partial charge >= 0.3 is 0 Å². The zero-order valence-electron chi connectivity index (χ0n) is 12.1. The molecule has 0 saturated heterocycles. The van der Waals surface area contributed by atoms with Crippen LogP contribution in [-0.4, -0.2) is 19.3 Å². The molecule has 5 heteroatoms. The van der Waals surface area contributed by atoms with Gasteiger partial charge < -0.3 is 10.3 Å². The van der Waals surface area contributed by atoms with Crippen LogP contribution in [0.4, 0.5) is 5.82 Å². The Morgan fingerprint density at radius 3 is 2.80 bits per heavy atom. The van der Waals surface area contributed by atoms with E-state index < -0.39 is 0 Å². The predicted octanol–water partition coefficient (Wildman–Crippen LogP) is 2.32. The molecule has 2 aromatic heterocycles. The van der Waals surface area contributed by atoms with Crippen molar-refractivity contribution in [1.29, 1.82) is 0 Å².